The number of ether oxygens (including phenoxy) is 2. The lowest BCUT2D eigenvalue weighted by Crippen LogP contribution is -2.36. The van der Waals surface area contributed by atoms with E-state index in [0.29, 0.717) is 25.8 Å². The second kappa shape index (κ2) is 6.76. The van der Waals surface area contributed by atoms with Crippen LogP contribution in [0, 0.1) is 0 Å². The van der Waals surface area contributed by atoms with E-state index in [2.05, 4.69) is 5.32 Å². The Bertz CT molecular complexity index is 192. The monoisotopic (exact) mass is 217 g/mol. The molecule has 0 amide bonds. The molecular formula is C10H19NO4. The molecule has 0 bridgehead atoms. The van der Waals surface area contributed by atoms with Gasteiger partial charge in [-0.3, -0.25) is 4.79 Å². The molecule has 15 heavy (non-hydrogen) atoms. The maximum atomic E-state index is 11.0. The van der Waals surface area contributed by atoms with E-state index in [9.17, 15) is 9.90 Å². The molecule has 5 heteroatoms. The highest BCUT2D eigenvalue weighted by atomic mass is 16.5. The molecule has 2 unspecified atom stereocenters. The van der Waals surface area contributed by atoms with Gasteiger partial charge in [-0.05, 0) is 13.3 Å². The summed E-state index contributed by atoms with van der Waals surface area (Å²) in [6.07, 6.45) is 0.338. The first kappa shape index (κ1) is 12.4. The normalized spacial score (nSPS) is 22.7. The summed E-state index contributed by atoms with van der Waals surface area (Å²) in [7, 11) is 0. The smallest absolute Gasteiger partial charge is 0.308 e. The van der Waals surface area contributed by atoms with Crippen LogP contribution in [0.1, 0.15) is 19.8 Å². The van der Waals surface area contributed by atoms with E-state index >= 15 is 0 Å². The van der Waals surface area contributed by atoms with Gasteiger partial charge in [0.05, 0.1) is 25.7 Å². The number of hydrogen-bond acceptors (Lipinski definition) is 5. The van der Waals surface area contributed by atoms with Crippen molar-refractivity contribution in [3.63, 3.8) is 0 Å². The lowest BCUT2D eigenvalue weighted by atomic mass is 10.2. The number of carbonyl (C=O) groups is 1. The van der Waals surface area contributed by atoms with Gasteiger partial charge in [0.15, 0.2) is 0 Å². The average molecular weight is 217 g/mol. The van der Waals surface area contributed by atoms with Gasteiger partial charge in [0.1, 0.15) is 0 Å². The van der Waals surface area contributed by atoms with Gasteiger partial charge in [-0.1, -0.05) is 0 Å². The first-order valence-corrected chi connectivity index (χ1v) is 5.37. The first-order valence-electron chi connectivity index (χ1n) is 5.37. The summed E-state index contributed by atoms with van der Waals surface area (Å²) < 4.78 is 9.91. The first-order chi connectivity index (χ1) is 7.22. The van der Waals surface area contributed by atoms with Gasteiger partial charge in [0, 0.05) is 19.2 Å². The van der Waals surface area contributed by atoms with E-state index in [0.717, 1.165) is 13.0 Å². The van der Waals surface area contributed by atoms with Crippen molar-refractivity contribution < 1.29 is 19.4 Å². The van der Waals surface area contributed by atoms with Gasteiger partial charge in [-0.25, -0.2) is 0 Å². The molecular weight excluding hydrogens is 198 g/mol. The Balaban J connectivity index is 2.06. The van der Waals surface area contributed by atoms with E-state index in [-0.39, 0.29) is 12.4 Å². The van der Waals surface area contributed by atoms with E-state index in [1.807, 2.05) is 0 Å². The lowest BCUT2D eigenvalue weighted by molar-refractivity contribution is -0.145. The number of nitrogens with one attached hydrogen (secondary N) is 1. The predicted molar refractivity (Wildman–Crippen MR) is 54.5 cm³/mol. The Hall–Kier alpha value is -0.650. The van der Waals surface area contributed by atoms with Crippen LogP contribution < -0.4 is 5.32 Å². The highest BCUT2D eigenvalue weighted by Gasteiger charge is 2.17. The zero-order valence-electron chi connectivity index (χ0n) is 9.07. The largest absolute Gasteiger partial charge is 0.466 e. The third kappa shape index (κ3) is 5.11. The Kier molecular flexibility index (Phi) is 5.60. The fourth-order valence-corrected chi connectivity index (χ4v) is 1.48. The van der Waals surface area contributed by atoms with E-state index in [1.165, 1.54) is 0 Å². The van der Waals surface area contributed by atoms with Crippen molar-refractivity contribution in [2.24, 2.45) is 0 Å². The Morgan fingerprint density at radius 1 is 1.73 bits per heavy atom. The Labute approximate surface area is 89.8 Å². The predicted octanol–water partition coefficient (Wildman–Crippen LogP) is -0.321. The molecule has 0 radical (unpaired) electrons. The molecule has 5 nitrogen and oxygen atoms in total. The van der Waals surface area contributed by atoms with Gasteiger partial charge < -0.3 is 19.9 Å². The summed E-state index contributed by atoms with van der Waals surface area (Å²) in [6.45, 7) is 3.97. The topological polar surface area (TPSA) is 67.8 Å². The number of esters is 1. The maximum absolute atomic E-state index is 11.0. The van der Waals surface area contributed by atoms with Crippen molar-refractivity contribution >= 4 is 5.97 Å². The molecule has 1 saturated heterocycles. The van der Waals surface area contributed by atoms with Crippen molar-refractivity contribution in [2.75, 3.05) is 26.4 Å². The van der Waals surface area contributed by atoms with Gasteiger partial charge in [0.2, 0.25) is 0 Å². The van der Waals surface area contributed by atoms with Crippen LogP contribution in [0.3, 0.4) is 0 Å². The summed E-state index contributed by atoms with van der Waals surface area (Å²) in [5, 5.41) is 12.6. The van der Waals surface area contributed by atoms with Crippen LogP contribution in [-0.2, 0) is 14.3 Å². The summed E-state index contributed by atoms with van der Waals surface area (Å²) in [4.78, 5) is 11.0. The van der Waals surface area contributed by atoms with Crippen LogP contribution >= 0.6 is 0 Å². The van der Waals surface area contributed by atoms with Crippen LogP contribution in [-0.4, -0.2) is 49.6 Å². The SMILES string of the molecule is CCOC(=O)CC(O)CNC1CCOC1. The van der Waals surface area contributed by atoms with Crippen molar-refractivity contribution in [2.45, 2.75) is 31.9 Å². The summed E-state index contributed by atoms with van der Waals surface area (Å²) in [5.41, 5.74) is 0. The molecule has 1 fully saturated rings. The molecule has 88 valence electrons. The van der Waals surface area contributed by atoms with Crippen LogP contribution in [0.2, 0.25) is 0 Å². The molecule has 1 rings (SSSR count). The molecule has 0 aliphatic carbocycles. The number of carbonyl (C=O) groups excluding carboxylic acids is 1. The summed E-state index contributed by atoms with van der Waals surface area (Å²) >= 11 is 0. The molecule has 1 aliphatic rings. The second-order valence-corrected chi connectivity index (χ2v) is 3.63. The third-order valence-corrected chi connectivity index (χ3v) is 2.28. The van der Waals surface area contributed by atoms with Crippen molar-refractivity contribution in [3.8, 4) is 0 Å². The molecule has 0 aromatic rings. The van der Waals surface area contributed by atoms with Crippen LogP contribution in [0.4, 0.5) is 0 Å². The second-order valence-electron chi connectivity index (χ2n) is 3.63. The van der Waals surface area contributed by atoms with E-state index in [4.69, 9.17) is 9.47 Å². The number of aliphatic hydroxyl groups excluding tert-OH is 1. The molecule has 1 heterocycles. The van der Waals surface area contributed by atoms with Crippen molar-refractivity contribution in [3.05, 3.63) is 0 Å². The van der Waals surface area contributed by atoms with Crippen LogP contribution in [0.5, 0.6) is 0 Å². The molecule has 0 aromatic carbocycles. The van der Waals surface area contributed by atoms with Gasteiger partial charge in [-0.15, -0.1) is 0 Å². The zero-order valence-corrected chi connectivity index (χ0v) is 9.07. The standard InChI is InChI=1S/C10H19NO4/c1-2-15-10(13)5-9(12)6-11-8-3-4-14-7-8/h8-9,11-12H,2-7H2,1H3. The molecule has 0 saturated carbocycles. The summed E-state index contributed by atoms with van der Waals surface area (Å²) in [6, 6.07) is 0.307. The van der Waals surface area contributed by atoms with Gasteiger partial charge in [0.25, 0.3) is 0 Å². The van der Waals surface area contributed by atoms with E-state index < -0.39 is 6.10 Å². The number of aliphatic hydroxyl groups is 1. The maximum Gasteiger partial charge on any atom is 0.308 e. The molecule has 0 aromatic heterocycles. The molecule has 2 N–H and O–H groups in total. The van der Waals surface area contributed by atoms with Gasteiger partial charge >= 0.3 is 5.97 Å². The number of hydrogen-bond donors (Lipinski definition) is 2. The minimum absolute atomic E-state index is 0.0500. The zero-order chi connectivity index (χ0) is 11.1. The third-order valence-electron chi connectivity index (χ3n) is 2.28. The van der Waals surface area contributed by atoms with Gasteiger partial charge in [-0.2, -0.15) is 0 Å². The summed E-state index contributed by atoms with van der Waals surface area (Å²) in [5.74, 6) is -0.352. The molecule has 0 spiro atoms. The average Bonchev–Trinajstić information content (AvgIpc) is 2.67. The lowest BCUT2D eigenvalue weighted by Gasteiger charge is -2.14. The van der Waals surface area contributed by atoms with Crippen LogP contribution in [0.15, 0.2) is 0 Å². The van der Waals surface area contributed by atoms with Crippen LogP contribution in [0.25, 0.3) is 0 Å². The quantitative estimate of drug-likeness (QED) is 0.597. The molecule has 2 atom stereocenters. The number of rotatable bonds is 6. The fourth-order valence-electron chi connectivity index (χ4n) is 1.48. The van der Waals surface area contributed by atoms with Crippen molar-refractivity contribution in [1.29, 1.82) is 0 Å². The Morgan fingerprint density at radius 2 is 2.53 bits per heavy atom. The fraction of sp³-hybridized carbons (Fsp3) is 0.900. The Morgan fingerprint density at radius 3 is 3.13 bits per heavy atom. The van der Waals surface area contributed by atoms with Crippen molar-refractivity contribution in [1.82, 2.24) is 5.32 Å². The van der Waals surface area contributed by atoms with E-state index in [1.54, 1.807) is 6.92 Å². The minimum Gasteiger partial charge on any atom is -0.466 e. The highest BCUT2D eigenvalue weighted by Crippen LogP contribution is 2.03. The molecule has 1 aliphatic heterocycles. The minimum atomic E-state index is -0.676. The highest BCUT2D eigenvalue weighted by molar-refractivity contribution is 5.69.